The van der Waals surface area contributed by atoms with E-state index < -0.39 is 0 Å². The minimum absolute atomic E-state index is 0.0577. The summed E-state index contributed by atoms with van der Waals surface area (Å²) in [4.78, 5) is 34.5. The van der Waals surface area contributed by atoms with E-state index in [0.717, 1.165) is 47.2 Å². The van der Waals surface area contributed by atoms with Gasteiger partial charge in [-0.2, -0.15) is 0 Å². The maximum absolute atomic E-state index is 12.4. The predicted octanol–water partition coefficient (Wildman–Crippen LogP) is 0.693. The van der Waals surface area contributed by atoms with Crippen molar-refractivity contribution in [2.75, 3.05) is 50.0 Å². The van der Waals surface area contributed by atoms with Crippen LogP contribution in [0.2, 0.25) is 0 Å². The molecule has 2 aliphatic rings. The van der Waals surface area contributed by atoms with E-state index in [1.807, 2.05) is 18.0 Å². The number of nitrogens with two attached hydrogens (primary N) is 1. The van der Waals surface area contributed by atoms with Crippen molar-refractivity contribution in [1.82, 2.24) is 34.6 Å². The van der Waals surface area contributed by atoms with Crippen molar-refractivity contribution in [1.29, 1.82) is 0 Å². The molecule has 11 heteroatoms. The standard InChI is InChI=1S/C20H25N9O2/c1-2-22-20(30)28-4-3-14-16(12-28)29-11-15(13-9-23-19(21)24-10-13)26-17(18(29)25-14)27-5-7-31-8-6-27/h9-11H,2-8,12H2,1H3,(H,22,30)(H2,21,23,24). The van der Waals surface area contributed by atoms with Gasteiger partial charge in [-0.3, -0.25) is 4.40 Å². The molecule has 31 heavy (non-hydrogen) atoms. The van der Waals surface area contributed by atoms with Crippen LogP contribution in [0.15, 0.2) is 18.6 Å². The number of nitrogens with one attached hydrogen (secondary N) is 1. The Balaban J connectivity index is 1.63. The molecular formula is C20H25N9O2. The second kappa shape index (κ2) is 7.99. The van der Waals surface area contributed by atoms with Gasteiger partial charge < -0.3 is 25.6 Å². The summed E-state index contributed by atoms with van der Waals surface area (Å²) in [6, 6.07) is -0.0577. The molecule has 0 aliphatic carbocycles. The Morgan fingerprint density at radius 1 is 1.19 bits per heavy atom. The van der Waals surface area contributed by atoms with Crippen LogP contribution in [-0.2, 0) is 17.7 Å². The molecule has 162 valence electrons. The van der Waals surface area contributed by atoms with E-state index in [9.17, 15) is 4.79 Å². The van der Waals surface area contributed by atoms with Crippen molar-refractivity contribution in [3.05, 3.63) is 30.0 Å². The van der Waals surface area contributed by atoms with Crippen molar-refractivity contribution < 1.29 is 9.53 Å². The summed E-state index contributed by atoms with van der Waals surface area (Å²) < 4.78 is 7.58. The Labute approximate surface area is 179 Å². The normalized spacial score (nSPS) is 16.4. The number of fused-ring (bicyclic) bond motifs is 3. The van der Waals surface area contributed by atoms with Gasteiger partial charge in [-0.05, 0) is 6.92 Å². The molecule has 2 aliphatic heterocycles. The number of rotatable bonds is 3. The number of imidazole rings is 1. The van der Waals surface area contributed by atoms with Gasteiger partial charge in [0.1, 0.15) is 0 Å². The highest BCUT2D eigenvalue weighted by atomic mass is 16.5. The van der Waals surface area contributed by atoms with Crippen molar-refractivity contribution in [3.63, 3.8) is 0 Å². The van der Waals surface area contributed by atoms with Crippen molar-refractivity contribution in [2.24, 2.45) is 0 Å². The fourth-order valence-corrected chi connectivity index (χ4v) is 4.03. The van der Waals surface area contributed by atoms with Crippen LogP contribution in [0, 0.1) is 0 Å². The fourth-order valence-electron chi connectivity index (χ4n) is 4.03. The van der Waals surface area contributed by atoms with E-state index in [-0.39, 0.29) is 12.0 Å². The zero-order chi connectivity index (χ0) is 21.4. The molecule has 2 amide bonds. The zero-order valence-corrected chi connectivity index (χ0v) is 17.4. The van der Waals surface area contributed by atoms with Gasteiger partial charge in [0, 0.05) is 56.8 Å². The lowest BCUT2D eigenvalue weighted by Crippen LogP contribution is -2.42. The molecule has 11 nitrogen and oxygen atoms in total. The maximum Gasteiger partial charge on any atom is 0.317 e. The second-order valence-electron chi connectivity index (χ2n) is 7.58. The fraction of sp³-hybridized carbons (Fsp3) is 0.450. The number of carbonyl (C=O) groups excluding carboxylic acids is 1. The molecule has 0 saturated carbocycles. The monoisotopic (exact) mass is 423 g/mol. The van der Waals surface area contributed by atoms with E-state index in [2.05, 4.69) is 24.6 Å². The summed E-state index contributed by atoms with van der Waals surface area (Å²) in [5.41, 5.74) is 9.96. The zero-order valence-electron chi connectivity index (χ0n) is 17.4. The lowest BCUT2D eigenvalue weighted by molar-refractivity contribution is 0.122. The summed E-state index contributed by atoms with van der Waals surface area (Å²) in [6.07, 6.45) is 5.99. The molecular weight excluding hydrogens is 398 g/mol. The molecule has 3 aromatic heterocycles. The van der Waals surface area contributed by atoms with Crippen LogP contribution in [0.3, 0.4) is 0 Å². The van der Waals surface area contributed by atoms with Gasteiger partial charge in [0.05, 0.1) is 36.8 Å². The molecule has 0 unspecified atom stereocenters. The number of anilines is 2. The first kappa shape index (κ1) is 19.5. The molecule has 0 aromatic carbocycles. The number of aromatic nitrogens is 5. The van der Waals surface area contributed by atoms with E-state index in [0.29, 0.717) is 39.3 Å². The van der Waals surface area contributed by atoms with Crippen LogP contribution in [0.4, 0.5) is 16.6 Å². The highest BCUT2D eigenvalue weighted by Crippen LogP contribution is 2.29. The number of nitrogens with zero attached hydrogens (tertiary/aromatic N) is 7. The summed E-state index contributed by atoms with van der Waals surface area (Å²) in [6.45, 7) is 6.43. The lowest BCUT2D eigenvalue weighted by Gasteiger charge is -2.28. The predicted molar refractivity (Wildman–Crippen MR) is 115 cm³/mol. The molecule has 5 heterocycles. The second-order valence-corrected chi connectivity index (χ2v) is 7.58. The molecule has 3 N–H and O–H groups in total. The number of carbonyl (C=O) groups is 1. The number of morpholine rings is 1. The van der Waals surface area contributed by atoms with Crippen LogP contribution < -0.4 is 16.0 Å². The quantitative estimate of drug-likeness (QED) is 0.630. The largest absolute Gasteiger partial charge is 0.378 e. The van der Waals surface area contributed by atoms with E-state index >= 15 is 0 Å². The molecule has 0 bridgehead atoms. The lowest BCUT2D eigenvalue weighted by atomic mass is 10.1. The van der Waals surface area contributed by atoms with Gasteiger partial charge in [0.2, 0.25) is 5.95 Å². The van der Waals surface area contributed by atoms with Gasteiger partial charge >= 0.3 is 6.03 Å². The van der Waals surface area contributed by atoms with E-state index in [1.165, 1.54) is 0 Å². The van der Waals surface area contributed by atoms with Crippen molar-refractivity contribution in [3.8, 4) is 11.3 Å². The Morgan fingerprint density at radius 3 is 2.71 bits per heavy atom. The summed E-state index contributed by atoms with van der Waals surface area (Å²) >= 11 is 0. The highest BCUT2D eigenvalue weighted by Gasteiger charge is 2.28. The smallest absolute Gasteiger partial charge is 0.317 e. The van der Waals surface area contributed by atoms with E-state index in [4.69, 9.17) is 20.4 Å². The van der Waals surface area contributed by atoms with Gasteiger partial charge in [0.15, 0.2) is 11.5 Å². The third kappa shape index (κ3) is 3.61. The summed E-state index contributed by atoms with van der Waals surface area (Å²) in [5, 5.41) is 2.89. The molecule has 0 spiro atoms. The molecule has 1 saturated heterocycles. The van der Waals surface area contributed by atoms with Gasteiger partial charge in [-0.15, -0.1) is 0 Å². The number of hydrogen-bond acceptors (Lipinski definition) is 8. The maximum atomic E-state index is 12.4. The van der Waals surface area contributed by atoms with Crippen molar-refractivity contribution >= 4 is 23.4 Å². The number of nitrogen functional groups attached to an aromatic ring is 1. The molecule has 0 radical (unpaired) electrons. The number of urea groups is 1. The average Bonchev–Trinajstić information content (AvgIpc) is 3.17. The van der Waals surface area contributed by atoms with Gasteiger partial charge in [0.25, 0.3) is 0 Å². The summed E-state index contributed by atoms with van der Waals surface area (Å²) in [5.74, 6) is 1.02. The SMILES string of the molecule is CCNC(=O)N1CCc2nc3c(N4CCOCC4)nc(-c4cnc(N)nc4)cn3c2C1. The molecule has 1 fully saturated rings. The van der Waals surface area contributed by atoms with Crippen LogP contribution in [0.25, 0.3) is 16.9 Å². The van der Waals surface area contributed by atoms with Crippen LogP contribution in [-0.4, -0.2) is 74.7 Å². The minimum Gasteiger partial charge on any atom is -0.378 e. The number of hydrogen-bond donors (Lipinski definition) is 2. The minimum atomic E-state index is -0.0577. The van der Waals surface area contributed by atoms with Crippen LogP contribution in [0.1, 0.15) is 18.3 Å². The summed E-state index contributed by atoms with van der Waals surface area (Å²) in [7, 11) is 0. The highest BCUT2D eigenvalue weighted by molar-refractivity contribution is 5.75. The number of amides is 2. The number of ether oxygens (including phenoxy) is 1. The first-order valence-electron chi connectivity index (χ1n) is 10.5. The third-order valence-corrected chi connectivity index (χ3v) is 5.62. The van der Waals surface area contributed by atoms with Gasteiger partial charge in [-0.25, -0.2) is 24.7 Å². The molecule has 5 rings (SSSR count). The first-order chi connectivity index (χ1) is 15.1. The topological polar surface area (TPSA) is 127 Å². The molecule has 3 aromatic rings. The van der Waals surface area contributed by atoms with Gasteiger partial charge in [-0.1, -0.05) is 0 Å². The Morgan fingerprint density at radius 2 is 1.97 bits per heavy atom. The Hall–Kier alpha value is -3.47. The van der Waals surface area contributed by atoms with Crippen LogP contribution in [0.5, 0.6) is 0 Å². The average molecular weight is 423 g/mol. The van der Waals surface area contributed by atoms with E-state index in [1.54, 1.807) is 12.4 Å². The Kier molecular flexibility index (Phi) is 5.02. The third-order valence-electron chi connectivity index (χ3n) is 5.62. The first-order valence-corrected chi connectivity index (χ1v) is 10.5. The molecule has 0 atom stereocenters. The Bertz CT molecular complexity index is 1110. The van der Waals surface area contributed by atoms with Crippen LogP contribution >= 0.6 is 0 Å². The van der Waals surface area contributed by atoms with Crippen molar-refractivity contribution in [2.45, 2.75) is 19.9 Å².